The lowest BCUT2D eigenvalue weighted by Gasteiger charge is -2.20. The first-order chi connectivity index (χ1) is 8.43. The molecule has 1 saturated heterocycles. The monoisotopic (exact) mass is 264 g/mol. The van der Waals surface area contributed by atoms with Gasteiger partial charge in [0.1, 0.15) is 5.82 Å². The highest BCUT2D eigenvalue weighted by molar-refractivity contribution is 5.85. The molecule has 0 saturated carbocycles. The third-order valence-electron chi connectivity index (χ3n) is 3.22. The number of hydrogen-bond donors (Lipinski definition) is 2. The Morgan fingerprint density at radius 1 is 1.17 bits per heavy atom. The van der Waals surface area contributed by atoms with E-state index in [-0.39, 0.29) is 12.4 Å². The number of aromatic nitrogens is 3. The number of piperidine rings is 1. The Labute approximate surface area is 113 Å². The van der Waals surface area contributed by atoms with E-state index in [4.69, 9.17) is 0 Å². The van der Waals surface area contributed by atoms with Gasteiger partial charge in [0.25, 0.3) is 0 Å². The topological polar surface area (TPSA) is 53.6 Å². The SMILES string of the molecule is Cl.c1ccc(-c2n[nH]c(C3CCCNC3)n2)cc1. The van der Waals surface area contributed by atoms with Gasteiger partial charge in [-0.15, -0.1) is 12.4 Å². The number of benzene rings is 1. The Kier molecular flexibility index (Phi) is 4.33. The molecule has 0 spiro atoms. The minimum absolute atomic E-state index is 0. The van der Waals surface area contributed by atoms with Crippen LogP contribution in [0.3, 0.4) is 0 Å². The zero-order chi connectivity index (χ0) is 11.5. The molecule has 1 atom stereocenters. The van der Waals surface area contributed by atoms with E-state index in [0.29, 0.717) is 5.92 Å². The van der Waals surface area contributed by atoms with E-state index in [0.717, 1.165) is 30.3 Å². The molecule has 5 heteroatoms. The second-order valence-corrected chi connectivity index (χ2v) is 4.45. The van der Waals surface area contributed by atoms with Gasteiger partial charge in [-0.1, -0.05) is 30.3 Å². The summed E-state index contributed by atoms with van der Waals surface area (Å²) < 4.78 is 0. The Bertz CT molecular complexity index is 477. The summed E-state index contributed by atoms with van der Waals surface area (Å²) in [6.45, 7) is 2.12. The molecule has 2 N–H and O–H groups in total. The predicted octanol–water partition coefficient (Wildman–Crippen LogP) is 2.36. The van der Waals surface area contributed by atoms with Crippen molar-refractivity contribution >= 4 is 12.4 Å². The minimum atomic E-state index is 0. The highest BCUT2D eigenvalue weighted by atomic mass is 35.5. The lowest BCUT2D eigenvalue weighted by Crippen LogP contribution is -2.28. The zero-order valence-electron chi connectivity index (χ0n) is 10.1. The maximum atomic E-state index is 4.60. The number of H-pyrrole nitrogens is 1. The van der Waals surface area contributed by atoms with Gasteiger partial charge in [0, 0.05) is 18.0 Å². The van der Waals surface area contributed by atoms with Gasteiger partial charge in [0.15, 0.2) is 5.82 Å². The third kappa shape index (κ3) is 2.71. The summed E-state index contributed by atoms with van der Waals surface area (Å²) >= 11 is 0. The fourth-order valence-electron chi connectivity index (χ4n) is 2.26. The molecule has 0 amide bonds. The molecule has 2 aromatic rings. The normalized spacial score (nSPS) is 19.2. The molecule has 96 valence electrons. The average Bonchev–Trinajstić information content (AvgIpc) is 2.90. The van der Waals surface area contributed by atoms with Crippen molar-refractivity contribution in [2.45, 2.75) is 18.8 Å². The summed E-state index contributed by atoms with van der Waals surface area (Å²) in [5.41, 5.74) is 1.07. The quantitative estimate of drug-likeness (QED) is 0.876. The number of nitrogens with one attached hydrogen (secondary N) is 2. The fourth-order valence-corrected chi connectivity index (χ4v) is 2.26. The molecule has 4 nitrogen and oxygen atoms in total. The van der Waals surface area contributed by atoms with Crippen LogP contribution in [0.1, 0.15) is 24.6 Å². The molecule has 2 heterocycles. The highest BCUT2D eigenvalue weighted by Gasteiger charge is 2.18. The van der Waals surface area contributed by atoms with Crippen molar-refractivity contribution in [3.8, 4) is 11.4 Å². The first-order valence-electron chi connectivity index (χ1n) is 6.12. The second kappa shape index (κ2) is 5.98. The van der Waals surface area contributed by atoms with Gasteiger partial charge in [0.05, 0.1) is 0 Å². The zero-order valence-corrected chi connectivity index (χ0v) is 10.9. The molecule has 1 fully saturated rings. The number of hydrogen-bond acceptors (Lipinski definition) is 3. The molecule has 1 aromatic heterocycles. The first kappa shape index (κ1) is 13.1. The Morgan fingerprint density at radius 3 is 2.72 bits per heavy atom. The van der Waals surface area contributed by atoms with Gasteiger partial charge in [-0.2, -0.15) is 5.10 Å². The summed E-state index contributed by atoms with van der Waals surface area (Å²) in [5.74, 6) is 2.29. The van der Waals surface area contributed by atoms with Crippen LogP contribution in [0.25, 0.3) is 11.4 Å². The summed E-state index contributed by atoms with van der Waals surface area (Å²) in [7, 11) is 0. The summed E-state index contributed by atoms with van der Waals surface area (Å²) in [6.07, 6.45) is 2.41. The van der Waals surface area contributed by atoms with Crippen LogP contribution >= 0.6 is 12.4 Å². The van der Waals surface area contributed by atoms with E-state index in [1.54, 1.807) is 0 Å². The number of rotatable bonds is 2. The van der Waals surface area contributed by atoms with Gasteiger partial charge in [-0.25, -0.2) is 4.98 Å². The molecular formula is C13H17ClN4. The summed E-state index contributed by atoms with van der Waals surface area (Å²) in [6, 6.07) is 10.1. The Morgan fingerprint density at radius 2 is 2.00 bits per heavy atom. The maximum absolute atomic E-state index is 4.60. The van der Waals surface area contributed by atoms with Gasteiger partial charge in [-0.05, 0) is 19.4 Å². The summed E-state index contributed by atoms with van der Waals surface area (Å²) in [5, 5.41) is 10.8. The fraction of sp³-hybridized carbons (Fsp3) is 0.385. The second-order valence-electron chi connectivity index (χ2n) is 4.45. The smallest absolute Gasteiger partial charge is 0.181 e. The first-order valence-corrected chi connectivity index (χ1v) is 6.12. The van der Waals surface area contributed by atoms with Crippen LogP contribution in [-0.4, -0.2) is 28.3 Å². The molecule has 0 aliphatic carbocycles. The Hall–Kier alpha value is -1.39. The molecule has 1 aromatic carbocycles. The molecular weight excluding hydrogens is 248 g/mol. The Balaban J connectivity index is 0.00000120. The molecule has 18 heavy (non-hydrogen) atoms. The molecule has 0 bridgehead atoms. The summed E-state index contributed by atoms with van der Waals surface area (Å²) in [4.78, 5) is 4.60. The van der Waals surface area contributed by atoms with Crippen LogP contribution in [0, 0.1) is 0 Å². The van der Waals surface area contributed by atoms with Crippen molar-refractivity contribution in [3.63, 3.8) is 0 Å². The van der Waals surface area contributed by atoms with Crippen LogP contribution in [0.5, 0.6) is 0 Å². The third-order valence-corrected chi connectivity index (χ3v) is 3.22. The van der Waals surface area contributed by atoms with Crippen molar-refractivity contribution in [1.29, 1.82) is 0 Å². The van der Waals surface area contributed by atoms with Crippen molar-refractivity contribution in [2.24, 2.45) is 0 Å². The highest BCUT2D eigenvalue weighted by Crippen LogP contribution is 2.22. The van der Waals surface area contributed by atoms with E-state index in [1.807, 2.05) is 30.3 Å². The van der Waals surface area contributed by atoms with Crippen LogP contribution < -0.4 is 5.32 Å². The van der Waals surface area contributed by atoms with Crippen LogP contribution in [0.15, 0.2) is 30.3 Å². The lowest BCUT2D eigenvalue weighted by atomic mass is 9.99. The van der Waals surface area contributed by atoms with Crippen molar-refractivity contribution < 1.29 is 0 Å². The van der Waals surface area contributed by atoms with Crippen LogP contribution in [0.4, 0.5) is 0 Å². The van der Waals surface area contributed by atoms with Gasteiger partial charge < -0.3 is 5.32 Å². The van der Waals surface area contributed by atoms with Crippen LogP contribution in [0.2, 0.25) is 0 Å². The molecule has 1 unspecified atom stereocenters. The van der Waals surface area contributed by atoms with Gasteiger partial charge in [-0.3, -0.25) is 5.10 Å². The van der Waals surface area contributed by atoms with E-state index >= 15 is 0 Å². The van der Waals surface area contributed by atoms with Gasteiger partial charge >= 0.3 is 0 Å². The van der Waals surface area contributed by atoms with E-state index in [9.17, 15) is 0 Å². The van der Waals surface area contributed by atoms with Crippen molar-refractivity contribution in [2.75, 3.05) is 13.1 Å². The van der Waals surface area contributed by atoms with Crippen molar-refractivity contribution in [1.82, 2.24) is 20.5 Å². The van der Waals surface area contributed by atoms with Gasteiger partial charge in [0.2, 0.25) is 0 Å². The average molecular weight is 265 g/mol. The number of aromatic amines is 1. The molecule has 3 rings (SSSR count). The minimum Gasteiger partial charge on any atom is -0.316 e. The van der Waals surface area contributed by atoms with Crippen LogP contribution in [-0.2, 0) is 0 Å². The molecule has 1 aliphatic rings. The van der Waals surface area contributed by atoms with E-state index < -0.39 is 0 Å². The standard InChI is InChI=1S/C13H16N4.ClH/c1-2-5-10(6-3-1)12-15-13(17-16-12)11-7-4-8-14-9-11;/h1-3,5-6,11,14H,4,7-9H2,(H,15,16,17);1H. The molecule has 0 radical (unpaired) electrons. The van der Waals surface area contributed by atoms with E-state index in [1.165, 1.54) is 12.8 Å². The largest absolute Gasteiger partial charge is 0.316 e. The molecule has 1 aliphatic heterocycles. The number of nitrogens with zero attached hydrogens (tertiary/aromatic N) is 2. The predicted molar refractivity (Wildman–Crippen MR) is 73.9 cm³/mol. The lowest BCUT2D eigenvalue weighted by molar-refractivity contribution is 0.447. The number of halogens is 1. The maximum Gasteiger partial charge on any atom is 0.181 e. The van der Waals surface area contributed by atoms with E-state index in [2.05, 4.69) is 20.5 Å². The van der Waals surface area contributed by atoms with Crippen molar-refractivity contribution in [3.05, 3.63) is 36.2 Å².